The van der Waals surface area contributed by atoms with Crippen molar-refractivity contribution in [3.05, 3.63) is 63.3 Å². The average Bonchev–Trinajstić information content (AvgIpc) is 3.22. The molecular formula is C19H20BrN3S2. The van der Waals surface area contributed by atoms with E-state index in [1.54, 1.807) is 23.1 Å². The lowest BCUT2D eigenvalue weighted by atomic mass is 10.1. The molecule has 0 N–H and O–H groups in total. The lowest BCUT2D eigenvalue weighted by Gasteiger charge is -2.07. The van der Waals surface area contributed by atoms with Crippen LogP contribution in [0.1, 0.15) is 30.2 Å². The predicted octanol–water partition coefficient (Wildman–Crippen LogP) is 6.37. The Morgan fingerprint density at radius 2 is 2.04 bits per heavy atom. The van der Waals surface area contributed by atoms with Crippen molar-refractivity contribution in [2.45, 2.75) is 37.2 Å². The summed E-state index contributed by atoms with van der Waals surface area (Å²) in [6.45, 7) is 9.01. The second-order valence-corrected chi connectivity index (χ2v) is 8.81. The van der Waals surface area contributed by atoms with Gasteiger partial charge in [-0.3, -0.25) is 4.57 Å². The fraction of sp³-hybridized carbons (Fsp3) is 0.263. The van der Waals surface area contributed by atoms with E-state index in [4.69, 9.17) is 0 Å². The standard InChI is InChI=1S/C19H20BrN3S2/c1-4-9-23-18(15-10-17(13(2)3)24-12-15)21-22-19(23)25-11-14-5-7-16(20)8-6-14/h4-8,10,12-13H,1,9,11H2,2-3H3. The summed E-state index contributed by atoms with van der Waals surface area (Å²) in [5, 5.41) is 12.0. The lowest BCUT2D eigenvalue weighted by molar-refractivity contribution is 0.731. The largest absolute Gasteiger partial charge is 0.298 e. The molecule has 0 unspecified atom stereocenters. The molecule has 0 fully saturated rings. The van der Waals surface area contributed by atoms with Crippen LogP contribution >= 0.6 is 39.0 Å². The van der Waals surface area contributed by atoms with Crippen LogP contribution in [0.2, 0.25) is 0 Å². The Kier molecular flexibility index (Phi) is 6.15. The van der Waals surface area contributed by atoms with Gasteiger partial charge in [0, 0.05) is 32.6 Å². The third-order valence-corrected chi connectivity index (χ3v) is 6.56. The minimum absolute atomic E-state index is 0.528. The van der Waals surface area contributed by atoms with Gasteiger partial charge in [0.15, 0.2) is 11.0 Å². The number of benzene rings is 1. The maximum Gasteiger partial charge on any atom is 0.192 e. The molecule has 3 nitrogen and oxygen atoms in total. The Morgan fingerprint density at radius 3 is 2.68 bits per heavy atom. The zero-order chi connectivity index (χ0) is 17.8. The van der Waals surface area contributed by atoms with Gasteiger partial charge in [-0.2, -0.15) is 0 Å². The van der Waals surface area contributed by atoms with E-state index >= 15 is 0 Å². The van der Waals surface area contributed by atoms with E-state index in [1.165, 1.54) is 10.4 Å². The minimum atomic E-state index is 0.528. The zero-order valence-electron chi connectivity index (χ0n) is 14.3. The van der Waals surface area contributed by atoms with Gasteiger partial charge < -0.3 is 0 Å². The van der Waals surface area contributed by atoms with Crippen LogP contribution in [0.5, 0.6) is 0 Å². The number of thioether (sulfide) groups is 1. The molecule has 3 rings (SSSR count). The van der Waals surface area contributed by atoms with E-state index < -0.39 is 0 Å². The number of hydrogen-bond acceptors (Lipinski definition) is 4. The molecule has 0 saturated heterocycles. The van der Waals surface area contributed by atoms with Crippen molar-refractivity contribution in [3.8, 4) is 11.4 Å². The van der Waals surface area contributed by atoms with Gasteiger partial charge in [-0.1, -0.05) is 59.7 Å². The number of thiophene rings is 1. The summed E-state index contributed by atoms with van der Waals surface area (Å²) in [6.07, 6.45) is 1.90. The second kappa shape index (κ2) is 8.34. The van der Waals surface area contributed by atoms with Crippen LogP contribution in [0, 0.1) is 0 Å². The van der Waals surface area contributed by atoms with Crippen LogP contribution in [0.4, 0.5) is 0 Å². The van der Waals surface area contributed by atoms with Crippen molar-refractivity contribution in [1.29, 1.82) is 0 Å². The van der Waals surface area contributed by atoms with E-state index in [2.05, 4.69) is 86.8 Å². The third-order valence-electron chi connectivity index (χ3n) is 3.76. The van der Waals surface area contributed by atoms with Crippen LogP contribution in [-0.4, -0.2) is 14.8 Å². The van der Waals surface area contributed by atoms with Crippen LogP contribution in [0.3, 0.4) is 0 Å². The van der Waals surface area contributed by atoms with Crippen molar-refractivity contribution >= 4 is 39.0 Å². The van der Waals surface area contributed by atoms with Crippen molar-refractivity contribution in [3.63, 3.8) is 0 Å². The van der Waals surface area contributed by atoms with Crippen molar-refractivity contribution < 1.29 is 0 Å². The van der Waals surface area contributed by atoms with E-state index in [9.17, 15) is 0 Å². The van der Waals surface area contributed by atoms with Gasteiger partial charge in [0.1, 0.15) is 0 Å². The first-order valence-electron chi connectivity index (χ1n) is 8.08. The topological polar surface area (TPSA) is 30.7 Å². The van der Waals surface area contributed by atoms with E-state index in [0.717, 1.165) is 26.8 Å². The molecule has 0 saturated carbocycles. The van der Waals surface area contributed by atoms with E-state index in [0.29, 0.717) is 12.5 Å². The van der Waals surface area contributed by atoms with Crippen molar-refractivity contribution in [2.24, 2.45) is 0 Å². The number of aromatic nitrogens is 3. The number of halogens is 1. The molecule has 0 aliphatic heterocycles. The molecule has 2 aromatic heterocycles. The monoisotopic (exact) mass is 433 g/mol. The molecule has 0 aliphatic carbocycles. The lowest BCUT2D eigenvalue weighted by Crippen LogP contribution is -2.00. The van der Waals surface area contributed by atoms with Crippen molar-refractivity contribution in [1.82, 2.24) is 14.8 Å². The fourth-order valence-electron chi connectivity index (χ4n) is 2.40. The number of hydrogen-bond donors (Lipinski definition) is 0. The molecule has 0 amide bonds. The molecule has 2 heterocycles. The molecule has 0 bridgehead atoms. The first-order valence-corrected chi connectivity index (χ1v) is 10.7. The Hall–Kier alpha value is -1.37. The molecule has 0 radical (unpaired) electrons. The van der Waals surface area contributed by atoms with Crippen LogP contribution < -0.4 is 0 Å². The molecule has 3 aromatic rings. The smallest absolute Gasteiger partial charge is 0.192 e. The fourth-order valence-corrected chi connectivity index (χ4v) is 4.48. The average molecular weight is 434 g/mol. The maximum absolute atomic E-state index is 4.45. The highest BCUT2D eigenvalue weighted by Crippen LogP contribution is 2.31. The highest BCUT2D eigenvalue weighted by molar-refractivity contribution is 9.10. The molecule has 130 valence electrons. The Balaban J connectivity index is 1.83. The first-order chi connectivity index (χ1) is 12.1. The van der Waals surface area contributed by atoms with Crippen LogP contribution in [0.25, 0.3) is 11.4 Å². The maximum atomic E-state index is 4.45. The number of rotatable bonds is 7. The van der Waals surface area contributed by atoms with E-state index in [-0.39, 0.29) is 0 Å². The SMILES string of the molecule is C=CCn1c(SCc2ccc(Br)cc2)nnc1-c1csc(C(C)C)c1. The highest BCUT2D eigenvalue weighted by atomic mass is 79.9. The zero-order valence-corrected chi connectivity index (χ0v) is 17.5. The second-order valence-electron chi connectivity index (χ2n) is 6.01. The molecule has 0 atom stereocenters. The van der Waals surface area contributed by atoms with Gasteiger partial charge in [-0.05, 0) is 29.7 Å². The van der Waals surface area contributed by atoms with Gasteiger partial charge in [0.05, 0.1) is 0 Å². The molecular weight excluding hydrogens is 414 g/mol. The van der Waals surface area contributed by atoms with Crippen molar-refractivity contribution in [2.75, 3.05) is 0 Å². The Morgan fingerprint density at radius 1 is 1.28 bits per heavy atom. The van der Waals surface area contributed by atoms with E-state index in [1.807, 2.05) is 6.08 Å². The summed E-state index contributed by atoms with van der Waals surface area (Å²) in [6, 6.07) is 10.6. The summed E-state index contributed by atoms with van der Waals surface area (Å²) in [4.78, 5) is 1.37. The number of nitrogens with zero attached hydrogens (tertiary/aromatic N) is 3. The van der Waals surface area contributed by atoms with Crippen LogP contribution in [-0.2, 0) is 12.3 Å². The summed E-state index contributed by atoms with van der Waals surface area (Å²) < 4.78 is 3.24. The van der Waals surface area contributed by atoms with Gasteiger partial charge in [-0.15, -0.1) is 28.1 Å². The van der Waals surface area contributed by atoms with Gasteiger partial charge in [0.2, 0.25) is 0 Å². The third kappa shape index (κ3) is 4.43. The predicted molar refractivity (Wildman–Crippen MR) is 111 cm³/mol. The van der Waals surface area contributed by atoms with Gasteiger partial charge in [0.25, 0.3) is 0 Å². The molecule has 6 heteroatoms. The first kappa shape index (κ1) is 18.4. The highest BCUT2D eigenvalue weighted by Gasteiger charge is 2.15. The summed E-state index contributed by atoms with van der Waals surface area (Å²) in [5.41, 5.74) is 2.40. The molecule has 1 aromatic carbocycles. The number of allylic oxidation sites excluding steroid dienone is 1. The van der Waals surface area contributed by atoms with Crippen LogP contribution in [0.15, 0.2) is 58.0 Å². The molecule has 0 spiro atoms. The van der Waals surface area contributed by atoms with Gasteiger partial charge >= 0.3 is 0 Å². The normalized spacial score (nSPS) is 11.2. The summed E-state index contributed by atoms with van der Waals surface area (Å²) >= 11 is 6.96. The Labute approximate surface area is 165 Å². The summed E-state index contributed by atoms with van der Waals surface area (Å²) in [5.74, 6) is 2.31. The minimum Gasteiger partial charge on any atom is -0.298 e. The molecule has 0 aliphatic rings. The summed E-state index contributed by atoms with van der Waals surface area (Å²) in [7, 11) is 0. The Bertz CT molecular complexity index is 850. The molecule has 25 heavy (non-hydrogen) atoms. The quantitative estimate of drug-likeness (QED) is 0.320. The van der Waals surface area contributed by atoms with Gasteiger partial charge in [-0.25, -0.2) is 0 Å².